The third-order valence-electron chi connectivity index (χ3n) is 4.19. The Morgan fingerprint density at radius 1 is 1.04 bits per heavy atom. The molecule has 0 bridgehead atoms. The van der Waals surface area contributed by atoms with Gasteiger partial charge in [-0.15, -0.1) is 0 Å². The van der Waals surface area contributed by atoms with Crippen LogP contribution in [0.25, 0.3) is 0 Å². The molecule has 1 saturated heterocycles. The van der Waals surface area contributed by atoms with E-state index in [-0.39, 0.29) is 17.7 Å². The normalized spacial score (nSPS) is 17.1. The Balaban J connectivity index is 1.79. The highest BCUT2D eigenvalue weighted by Crippen LogP contribution is 2.09. The van der Waals surface area contributed by atoms with Gasteiger partial charge in [0.15, 0.2) is 0 Å². The summed E-state index contributed by atoms with van der Waals surface area (Å²) in [6.07, 6.45) is 0. The fourth-order valence-corrected chi connectivity index (χ4v) is 2.68. The van der Waals surface area contributed by atoms with Crippen LogP contribution >= 0.6 is 0 Å². The van der Waals surface area contributed by atoms with Gasteiger partial charge in [0.25, 0.3) is 0 Å². The van der Waals surface area contributed by atoms with Gasteiger partial charge in [-0.05, 0) is 12.5 Å². The standard InChI is InChI=1S/C18H27N3O2/c1-14(2)17(22)19-15(3)18(23)21-11-9-20(10-12-21)13-16-7-5-4-6-8-16/h4-8,14-15H,9-13H2,1-3H3,(H,19,22)/t15-/m0/s1. The van der Waals surface area contributed by atoms with E-state index in [9.17, 15) is 9.59 Å². The zero-order valence-electron chi connectivity index (χ0n) is 14.3. The smallest absolute Gasteiger partial charge is 0.244 e. The zero-order valence-corrected chi connectivity index (χ0v) is 14.3. The number of hydrogen-bond acceptors (Lipinski definition) is 3. The number of carbonyl (C=O) groups excluding carboxylic acids is 2. The van der Waals surface area contributed by atoms with E-state index in [2.05, 4.69) is 22.3 Å². The second-order valence-corrected chi connectivity index (χ2v) is 6.47. The predicted molar refractivity (Wildman–Crippen MR) is 90.7 cm³/mol. The molecule has 1 aromatic carbocycles. The van der Waals surface area contributed by atoms with Gasteiger partial charge in [-0.2, -0.15) is 0 Å². The summed E-state index contributed by atoms with van der Waals surface area (Å²) >= 11 is 0. The Morgan fingerprint density at radius 3 is 2.22 bits per heavy atom. The quantitative estimate of drug-likeness (QED) is 0.895. The minimum atomic E-state index is -0.453. The third-order valence-corrected chi connectivity index (χ3v) is 4.19. The molecule has 1 N–H and O–H groups in total. The van der Waals surface area contributed by atoms with Crippen molar-refractivity contribution in [3.63, 3.8) is 0 Å². The zero-order chi connectivity index (χ0) is 16.8. The van der Waals surface area contributed by atoms with Crippen LogP contribution in [0.1, 0.15) is 26.3 Å². The molecule has 1 aromatic rings. The first-order chi connectivity index (χ1) is 11.0. The molecule has 126 valence electrons. The minimum Gasteiger partial charge on any atom is -0.344 e. The topological polar surface area (TPSA) is 52.7 Å². The largest absolute Gasteiger partial charge is 0.344 e. The molecule has 0 unspecified atom stereocenters. The number of rotatable bonds is 5. The van der Waals surface area contributed by atoms with E-state index in [0.717, 1.165) is 19.6 Å². The average molecular weight is 317 g/mol. The lowest BCUT2D eigenvalue weighted by Crippen LogP contribution is -2.54. The second kappa shape index (κ2) is 8.11. The predicted octanol–water partition coefficient (Wildman–Crippen LogP) is 1.49. The lowest BCUT2D eigenvalue weighted by molar-refractivity contribution is -0.138. The first-order valence-electron chi connectivity index (χ1n) is 8.33. The maximum Gasteiger partial charge on any atom is 0.244 e. The van der Waals surface area contributed by atoms with Crippen LogP contribution in [0.15, 0.2) is 30.3 Å². The monoisotopic (exact) mass is 317 g/mol. The fourth-order valence-electron chi connectivity index (χ4n) is 2.68. The van der Waals surface area contributed by atoms with Gasteiger partial charge in [-0.25, -0.2) is 0 Å². The van der Waals surface area contributed by atoms with E-state index in [1.165, 1.54) is 5.56 Å². The summed E-state index contributed by atoms with van der Waals surface area (Å²) in [5.41, 5.74) is 1.30. The molecule has 0 spiro atoms. The van der Waals surface area contributed by atoms with Crippen molar-refractivity contribution >= 4 is 11.8 Å². The summed E-state index contributed by atoms with van der Waals surface area (Å²) in [7, 11) is 0. The van der Waals surface area contributed by atoms with E-state index >= 15 is 0 Å². The fraction of sp³-hybridized carbons (Fsp3) is 0.556. The van der Waals surface area contributed by atoms with Crippen molar-refractivity contribution < 1.29 is 9.59 Å². The maximum atomic E-state index is 12.4. The van der Waals surface area contributed by atoms with Crippen LogP contribution in [0.3, 0.4) is 0 Å². The van der Waals surface area contributed by atoms with Crippen molar-refractivity contribution in [2.24, 2.45) is 5.92 Å². The molecule has 2 amide bonds. The second-order valence-electron chi connectivity index (χ2n) is 6.47. The van der Waals surface area contributed by atoms with Gasteiger partial charge in [0.2, 0.25) is 11.8 Å². The summed E-state index contributed by atoms with van der Waals surface area (Å²) < 4.78 is 0. The van der Waals surface area contributed by atoms with E-state index in [1.54, 1.807) is 6.92 Å². The van der Waals surface area contributed by atoms with E-state index in [0.29, 0.717) is 13.1 Å². The van der Waals surface area contributed by atoms with Crippen LogP contribution < -0.4 is 5.32 Å². The van der Waals surface area contributed by atoms with Crippen molar-refractivity contribution in [3.05, 3.63) is 35.9 Å². The Labute approximate surface area is 138 Å². The highest BCUT2D eigenvalue weighted by atomic mass is 16.2. The van der Waals surface area contributed by atoms with E-state index in [4.69, 9.17) is 0 Å². The Hall–Kier alpha value is -1.88. The number of nitrogens with zero attached hydrogens (tertiary/aromatic N) is 2. The van der Waals surface area contributed by atoms with Crippen molar-refractivity contribution in [3.8, 4) is 0 Å². The van der Waals surface area contributed by atoms with Crippen LogP contribution in [-0.4, -0.2) is 53.8 Å². The van der Waals surface area contributed by atoms with Gasteiger partial charge >= 0.3 is 0 Å². The highest BCUT2D eigenvalue weighted by molar-refractivity contribution is 5.88. The summed E-state index contributed by atoms with van der Waals surface area (Å²) in [4.78, 5) is 28.3. The first-order valence-corrected chi connectivity index (χ1v) is 8.33. The number of carbonyl (C=O) groups is 2. The lowest BCUT2D eigenvalue weighted by atomic mass is 10.1. The van der Waals surface area contributed by atoms with Crippen molar-refractivity contribution in [1.29, 1.82) is 0 Å². The van der Waals surface area contributed by atoms with Gasteiger partial charge in [0, 0.05) is 38.6 Å². The number of amides is 2. The van der Waals surface area contributed by atoms with Gasteiger partial charge < -0.3 is 10.2 Å². The first kappa shape index (κ1) is 17.5. The van der Waals surface area contributed by atoms with Crippen LogP contribution in [-0.2, 0) is 16.1 Å². The number of nitrogens with one attached hydrogen (secondary N) is 1. The summed E-state index contributed by atoms with van der Waals surface area (Å²) in [6.45, 7) is 9.50. The van der Waals surface area contributed by atoms with Gasteiger partial charge in [0.1, 0.15) is 6.04 Å². The Kier molecular flexibility index (Phi) is 6.16. The summed E-state index contributed by atoms with van der Waals surface area (Å²) in [5.74, 6) is -0.167. The number of benzene rings is 1. The average Bonchev–Trinajstić information content (AvgIpc) is 2.55. The molecule has 1 aliphatic rings. The molecule has 1 aliphatic heterocycles. The van der Waals surface area contributed by atoms with Crippen molar-refractivity contribution in [2.45, 2.75) is 33.4 Å². The van der Waals surface area contributed by atoms with Gasteiger partial charge in [-0.3, -0.25) is 14.5 Å². The molecule has 1 heterocycles. The van der Waals surface area contributed by atoms with Crippen molar-refractivity contribution in [2.75, 3.05) is 26.2 Å². The summed E-state index contributed by atoms with van der Waals surface area (Å²) in [5, 5.41) is 2.78. The molecular formula is C18H27N3O2. The number of hydrogen-bond donors (Lipinski definition) is 1. The van der Waals surface area contributed by atoms with Gasteiger partial charge in [-0.1, -0.05) is 44.2 Å². The molecule has 0 aliphatic carbocycles. The third kappa shape index (κ3) is 5.06. The molecular weight excluding hydrogens is 290 g/mol. The van der Waals surface area contributed by atoms with E-state index < -0.39 is 6.04 Å². The molecule has 2 rings (SSSR count). The molecule has 0 saturated carbocycles. The highest BCUT2D eigenvalue weighted by Gasteiger charge is 2.26. The summed E-state index contributed by atoms with van der Waals surface area (Å²) in [6, 6.07) is 9.92. The molecule has 1 atom stereocenters. The Bertz CT molecular complexity index is 522. The molecule has 5 nitrogen and oxygen atoms in total. The lowest BCUT2D eigenvalue weighted by Gasteiger charge is -2.36. The van der Waals surface area contributed by atoms with Crippen LogP contribution in [0.2, 0.25) is 0 Å². The number of piperazine rings is 1. The molecule has 1 fully saturated rings. The maximum absolute atomic E-state index is 12.4. The van der Waals surface area contributed by atoms with Crippen LogP contribution in [0, 0.1) is 5.92 Å². The molecule has 0 aromatic heterocycles. The minimum absolute atomic E-state index is 0.0124. The van der Waals surface area contributed by atoms with Crippen LogP contribution in [0.4, 0.5) is 0 Å². The molecule has 0 radical (unpaired) electrons. The van der Waals surface area contributed by atoms with E-state index in [1.807, 2.05) is 36.9 Å². The van der Waals surface area contributed by atoms with Crippen molar-refractivity contribution in [1.82, 2.24) is 15.1 Å². The molecule has 5 heteroatoms. The van der Waals surface area contributed by atoms with Crippen LogP contribution in [0.5, 0.6) is 0 Å². The molecule has 23 heavy (non-hydrogen) atoms. The Morgan fingerprint density at radius 2 is 1.65 bits per heavy atom. The van der Waals surface area contributed by atoms with Gasteiger partial charge in [0.05, 0.1) is 0 Å². The SMILES string of the molecule is CC(C)C(=O)N[C@@H](C)C(=O)N1CCN(Cc2ccccc2)CC1.